The van der Waals surface area contributed by atoms with Crippen molar-refractivity contribution >= 4 is 17.9 Å². The molecule has 6 heteroatoms. The summed E-state index contributed by atoms with van der Waals surface area (Å²) in [5.74, 6) is -0.851. The summed E-state index contributed by atoms with van der Waals surface area (Å²) in [6, 6.07) is 0. The maximum Gasteiger partial charge on any atom is 0.306 e. The van der Waals surface area contributed by atoms with Crippen LogP contribution in [0, 0.1) is 0 Å². The van der Waals surface area contributed by atoms with Gasteiger partial charge in [-0.1, -0.05) is 363 Å². The van der Waals surface area contributed by atoms with Gasteiger partial charge in [0.25, 0.3) is 0 Å². The third-order valence-corrected chi connectivity index (χ3v) is 16.2. The zero-order valence-corrected chi connectivity index (χ0v) is 55.5. The van der Waals surface area contributed by atoms with E-state index in [4.69, 9.17) is 14.2 Å². The quantitative estimate of drug-likeness (QED) is 0.0261. The van der Waals surface area contributed by atoms with Crippen LogP contribution >= 0.6 is 0 Å². The minimum atomic E-state index is -0.774. The molecule has 0 heterocycles. The van der Waals surface area contributed by atoms with Gasteiger partial charge in [-0.3, -0.25) is 14.4 Å². The number of allylic oxidation sites excluding steroid dienone is 12. The van der Waals surface area contributed by atoms with Crippen molar-refractivity contribution in [2.24, 2.45) is 0 Å². The van der Waals surface area contributed by atoms with E-state index in [2.05, 4.69) is 93.7 Å². The second-order valence-corrected chi connectivity index (χ2v) is 24.5. The highest BCUT2D eigenvalue weighted by atomic mass is 16.6. The molecule has 0 bridgehead atoms. The lowest BCUT2D eigenvalue weighted by atomic mass is 10.0. The molecule has 6 nitrogen and oxygen atoms in total. The van der Waals surface area contributed by atoms with Crippen LogP contribution in [0.15, 0.2) is 72.9 Å². The Hall–Kier alpha value is -3.15. The van der Waals surface area contributed by atoms with Crippen molar-refractivity contribution in [3.8, 4) is 0 Å². The van der Waals surface area contributed by atoms with Crippen molar-refractivity contribution in [1.82, 2.24) is 0 Å². The van der Waals surface area contributed by atoms with Crippen molar-refractivity contribution in [2.45, 2.75) is 386 Å². The standard InChI is InChI=1S/C77H138O6/c1-4-7-10-13-16-19-22-24-26-28-30-32-34-36-37-38-39-41-42-44-46-48-50-52-55-58-61-64-67-70-76(79)82-73-74(72-81-75(78)69-66-63-60-57-54-21-18-15-12-9-6-3)83-77(80)71-68-65-62-59-56-53-51-49-47-45-43-40-35-33-31-29-27-25-23-20-17-14-11-8-5-2/h7,10,16,19,24,26,30,32,36-37,39,41,74H,4-6,8-9,11-15,17-18,20-23,25,27-29,31,33-35,38,40,42-73H2,1-3H3/b10-7-,19-16-,26-24-,32-30-,37-36-,41-39-. The normalized spacial score (nSPS) is 12.5. The molecule has 0 aliphatic rings. The number of hydrogen-bond donors (Lipinski definition) is 0. The monoisotopic (exact) mass is 1160 g/mol. The molecule has 0 amide bonds. The molecular weight excluding hydrogens is 1020 g/mol. The molecule has 0 rings (SSSR count). The maximum absolute atomic E-state index is 13.0. The Morgan fingerprint density at radius 1 is 0.253 bits per heavy atom. The van der Waals surface area contributed by atoms with Gasteiger partial charge in [-0.05, 0) is 70.6 Å². The average Bonchev–Trinajstić information content (AvgIpc) is 3.48. The van der Waals surface area contributed by atoms with Crippen LogP contribution < -0.4 is 0 Å². The zero-order valence-electron chi connectivity index (χ0n) is 55.5. The summed E-state index contributed by atoms with van der Waals surface area (Å²) in [4.78, 5) is 38.4. The highest BCUT2D eigenvalue weighted by molar-refractivity contribution is 5.71. The molecule has 0 saturated carbocycles. The molecule has 0 aromatic rings. The molecule has 1 unspecified atom stereocenters. The summed E-state index contributed by atoms with van der Waals surface area (Å²) >= 11 is 0. The van der Waals surface area contributed by atoms with E-state index in [0.29, 0.717) is 19.3 Å². The largest absolute Gasteiger partial charge is 0.462 e. The second kappa shape index (κ2) is 71.3. The van der Waals surface area contributed by atoms with Gasteiger partial charge in [0, 0.05) is 19.3 Å². The average molecular weight is 1160 g/mol. The highest BCUT2D eigenvalue weighted by Crippen LogP contribution is 2.18. The lowest BCUT2D eigenvalue weighted by molar-refractivity contribution is -0.167. The van der Waals surface area contributed by atoms with E-state index in [1.165, 1.54) is 244 Å². The fourth-order valence-electron chi connectivity index (χ4n) is 10.8. The van der Waals surface area contributed by atoms with Gasteiger partial charge in [0.2, 0.25) is 0 Å². The number of ether oxygens (including phenoxy) is 3. The number of rotatable bonds is 67. The fourth-order valence-corrected chi connectivity index (χ4v) is 10.8. The molecule has 482 valence electrons. The van der Waals surface area contributed by atoms with Crippen LogP contribution in [0.2, 0.25) is 0 Å². The van der Waals surface area contributed by atoms with E-state index in [0.717, 1.165) is 96.3 Å². The number of unbranched alkanes of at least 4 members (excludes halogenated alkanes) is 44. The molecule has 0 aromatic carbocycles. The fraction of sp³-hybridized carbons (Fsp3) is 0.805. The SMILES string of the molecule is CC/C=C\C/C=C\C/C=C\C/C=C\C/C=C\C/C=C\CCCCCCCCCCCCC(=O)OCC(COC(=O)CCCCCCCCCCCCC)OC(=O)CCCCCCCCCCCCCCCCCCCCCCCCCCC. The molecule has 0 aromatic heterocycles. The number of esters is 3. The Kier molecular flexibility index (Phi) is 68.6. The Morgan fingerprint density at radius 2 is 0.470 bits per heavy atom. The van der Waals surface area contributed by atoms with E-state index in [-0.39, 0.29) is 31.1 Å². The molecule has 0 radical (unpaired) electrons. The molecule has 0 N–H and O–H groups in total. The number of hydrogen-bond acceptors (Lipinski definition) is 6. The van der Waals surface area contributed by atoms with Gasteiger partial charge in [0.1, 0.15) is 13.2 Å². The molecule has 0 aliphatic carbocycles. The van der Waals surface area contributed by atoms with Crippen LogP contribution in [-0.4, -0.2) is 37.2 Å². The smallest absolute Gasteiger partial charge is 0.306 e. The zero-order chi connectivity index (χ0) is 59.9. The van der Waals surface area contributed by atoms with Gasteiger partial charge in [-0.25, -0.2) is 0 Å². The molecular formula is C77H138O6. The van der Waals surface area contributed by atoms with Gasteiger partial charge in [0.05, 0.1) is 0 Å². The van der Waals surface area contributed by atoms with Crippen LogP contribution in [0.3, 0.4) is 0 Å². The van der Waals surface area contributed by atoms with Crippen molar-refractivity contribution < 1.29 is 28.6 Å². The lowest BCUT2D eigenvalue weighted by Gasteiger charge is -2.18. The minimum absolute atomic E-state index is 0.0706. The molecule has 1 atom stereocenters. The first kappa shape index (κ1) is 79.8. The van der Waals surface area contributed by atoms with E-state index < -0.39 is 6.10 Å². The van der Waals surface area contributed by atoms with Gasteiger partial charge in [0.15, 0.2) is 6.10 Å². The number of carbonyl (C=O) groups excluding carboxylic acids is 3. The molecule has 83 heavy (non-hydrogen) atoms. The van der Waals surface area contributed by atoms with Crippen molar-refractivity contribution in [3.63, 3.8) is 0 Å². The van der Waals surface area contributed by atoms with Crippen molar-refractivity contribution in [3.05, 3.63) is 72.9 Å². The Balaban J connectivity index is 4.19. The van der Waals surface area contributed by atoms with Crippen molar-refractivity contribution in [1.29, 1.82) is 0 Å². The third-order valence-electron chi connectivity index (χ3n) is 16.2. The van der Waals surface area contributed by atoms with E-state index >= 15 is 0 Å². The van der Waals surface area contributed by atoms with E-state index in [9.17, 15) is 14.4 Å². The van der Waals surface area contributed by atoms with Crippen LogP contribution in [-0.2, 0) is 28.6 Å². The van der Waals surface area contributed by atoms with Gasteiger partial charge < -0.3 is 14.2 Å². The van der Waals surface area contributed by atoms with Gasteiger partial charge in [-0.15, -0.1) is 0 Å². The first-order valence-electron chi connectivity index (χ1n) is 36.4. The molecule has 0 aliphatic heterocycles. The van der Waals surface area contributed by atoms with E-state index in [1.807, 2.05) is 0 Å². The summed E-state index contributed by atoms with van der Waals surface area (Å²) < 4.78 is 17.0. The van der Waals surface area contributed by atoms with Crippen molar-refractivity contribution in [2.75, 3.05) is 13.2 Å². The Morgan fingerprint density at radius 3 is 0.735 bits per heavy atom. The van der Waals surface area contributed by atoms with Crippen LogP contribution in [0.1, 0.15) is 380 Å². The molecule has 0 spiro atoms. The maximum atomic E-state index is 13.0. The topological polar surface area (TPSA) is 78.9 Å². The highest BCUT2D eigenvalue weighted by Gasteiger charge is 2.19. The predicted octanol–water partition coefficient (Wildman–Crippen LogP) is 25.2. The minimum Gasteiger partial charge on any atom is -0.462 e. The Bertz CT molecular complexity index is 1520. The third kappa shape index (κ3) is 69.5. The second-order valence-electron chi connectivity index (χ2n) is 24.5. The lowest BCUT2D eigenvalue weighted by Crippen LogP contribution is -2.30. The molecule has 0 fully saturated rings. The van der Waals surface area contributed by atoms with E-state index in [1.54, 1.807) is 0 Å². The van der Waals surface area contributed by atoms with Crippen LogP contribution in [0.25, 0.3) is 0 Å². The first-order valence-corrected chi connectivity index (χ1v) is 36.4. The first-order chi connectivity index (χ1) is 41.0. The van der Waals surface area contributed by atoms with Crippen LogP contribution in [0.4, 0.5) is 0 Å². The number of carbonyl (C=O) groups is 3. The van der Waals surface area contributed by atoms with Gasteiger partial charge >= 0.3 is 17.9 Å². The molecule has 0 saturated heterocycles. The summed E-state index contributed by atoms with van der Waals surface area (Å²) in [5.41, 5.74) is 0. The summed E-state index contributed by atoms with van der Waals surface area (Å²) in [6.45, 7) is 6.58. The summed E-state index contributed by atoms with van der Waals surface area (Å²) in [5, 5.41) is 0. The Labute approximate surface area is 516 Å². The predicted molar refractivity (Wildman–Crippen MR) is 362 cm³/mol. The summed E-state index contributed by atoms with van der Waals surface area (Å²) in [7, 11) is 0. The van der Waals surface area contributed by atoms with Crippen LogP contribution in [0.5, 0.6) is 0 Å². The summed E-state index contributed by atoms with van der Waals surface area (Å²) in [6.07, 6.45) is 93.7. The van der Waals surface area contributed by atoms with Gasteiger partial charge in [-0.2, -0.15) is 0 Å².